The van der Waals surface area contributed by atoms with Crippen LogP contribution in [0.4, 0.5) is 0 Å². The summed E-state index contributed by atoms with van der Waals surface area (Å²) in [5, 5.41) is 3.75. The number of hydrogen-bond donors (Lipinski definition) is 1. The van der Waals surface area contributed by atoms with Crippen LogP contribution in [0.25, 0.3) is 0 Å². The van der Waals surface area contributed by atoms with Crippen LogP contribution in [0, 0.1) is 0 Å². The molecule has 8 heteroatoms. The summed E-state index contributed by atoms with van der Waals surface area (Å²) in [6.45, 7) is 4.51. The molecule has 2 aromatic carbocycles. The van der Waals surface area contributed by atoms with Gasteiger partial charge in [-0.2, -0.15) is 0 Å². The quantitative estimate of drug-likeness (QED) is 0.428. The van der Waals surface area contributed by atoms with E-state index in [1.165, 1.54) is 4.90 Å². The van der Waals surface area contributed by atoms with Gasteiger partial charge in [0.25, 0.3) is 5.91 Å². The van der Waals surface area contributed by atoms with E-state index >= 15 is 0 Å². The molecular weight excluding hydrogens is 451 g/mol. The third-order valence-electron chi connectivity index (χ3n) is 4.97. The van der Waals surface area contributed by atoms with Crippen molar-refractivity contribution in [2.24, 2.45) is 0 Å². The van der Waals surface area contributed by atoms with Crippen LogP contribution in [0.3, 0.4) is 0 Å². The van der Waals surface area contributed by atoms with Crippen LogP contribution in [-0.2, 0) is 16.1 Å². The van der Waals surface area contributed by atoms with Crippen molar-refractivity contribution in [3.63, 3.8) is 0 Å². The van der Waals surface area contributed by atoms with Gasteiger partial charge in [-0.3, -0.25) is 9.59 Å². The zero-order chi connectivity index (χ0) is 23.5. The Morgan fingerprint density at radius 1 is 1.03 bits per heavy atom. The first-order chi connectivity index (χ1) is 15.4. The van der Waals surface area contributed by atoms with E-state index in [1.54, 1.807) is 49.6 Å². The normalized spacial score (nSPS) is 11.5. The number of methoxy groups -OCH3 is 1. The Labute approximate surface area is 199 Å². The van der Waals surface area contributed by atoms with E-state index in [9.17, 15) is 9.59 Å². The lowest BCUT2D eigenvalue weighted by Gasteiger charge is -2.30. The number of nitrogens with zero attached hydrogens (tertiary/aromatic N) is 1. The Morgan fingerprint density at radius 3 is 2.31 bits per heavy atom. The van der Waals surface area contributed by atoms with Crippen LogP contribution in [0.15, 0.2) is 42.5 Å². The van der Waals surface area contributed by atoms with Gasteiger partial charge in [0.1, 0.15) is 17.5 Å². The molecule has 0 saturated carbocycles. The molecule has 174 valence electrons. The summed E-state index contributed by atoms with van der Waals surface area (Å²) in [6, 6.07) is 11.5. The van der Waals surface area contributed by atoms with Gasteiger partial charge in [-0.05, 0) is 54.8 Å². The predicted molar refractivity (Wildman–Crippen MR) is 127 cm³/mol. The summed E-state index contributed by atoms with van der Waals surface area (Å²) in [4.78, 5) is 27.5. The highest BCUT2D eigenvalue weighted by Gasteiger charge is 2.29. The molecule has 6 nitrogen and oxygen atoms in total. The fraction of sp³-hybridized carbons (Fsp3) is 0.417. The summed E-state index contributed by atoms with van der Waals surface area (Å²) in [5.41, 5.74) is 0.775. The van der Waals surface area contributed by atoms with E-state index in [0.29, 0.717) is 34.5 Å². The van der Waals surface area contributed by atoms with Gasteiger partial charge in [0.15, 0.2) is 6.61 Å². The molecule has 0 heterocycles. The molecule has 0 radical (unpaired) electrons. The molecule has 1 atom stereocenters. The first kappa shape index (κ1) is 25.8. The highest BCUT2D eigenvalue weighted by Crippen LogP contribution is 2.24. The predicted octanol–water partition coefficient (Wildman–Crippen LogP) is 5.10. The molecule has 0 bridgehead atoms. The van der Waals surface area contributed by atoms with E-state index in [4.69, 9.17) is 32.7 Å². The smallest absolute Gasteiger partial charge is 0.261 e. The molecule has 32 heavy (non-hydrogen) atoms. The van der Waals surface area contributed by atoms with Gasteiger partial charge in [0.05, 0.1) is 17.2 Å². The number of carbonyl (C=O) groups excluding carboxylic acids is 2. The van der Waals surface area contributed by atoms with Crippen molar-refractivity contribution < 1.29 is 19.1 Å². The summed E-state index contributed by atoms with van der Waals surface area (Å²) in [6.07, 6.45) is 2.32. The maximum Gasteiger partial charge on any atom is 0.261 e. The average Bonchev–Trinajstić information content (AvgIpc) is 2.80. The minimum atomic E-state index is -0.631. The zero-order valence-corrected chi connectivity index (χ0v) is 20.2. The number of unbranched alkanes of at least 4 members (excludes halogenated alkanes) is 1. The molecule has 0 aliphatic rings. The fourth-order valence-electron chi connectivity index (χ4n) is 3.16. The topological polar surface area (TPSA) is 67.9 Å². The average molecular weight is 481 g/mol. The standard InChI is InChI=1S/C24H30Cl2N2O4/c1-4-6-13-27-24(30)22(5-2)28(15-17-7-12-20(25)21(26)14-17)23(29)16-32-19-10-8-18(31-3)9-11-19/h7-12,14,22H,4-6,13,15-16H2,1-3H3,(H,27,30). The largest absolute Gasteiger partial charge is 0.497 e. The summed E-state index contributed by atoms with van der Waals surface area (Å²) >= 11 is 12.2. The molecule has 0 aromatic heterocycles. The first-order valence-corrected chi connectivity index (χ1v) is 11.4. The minimum absolute atomic E-state index is 0.182. The van der Waals surface area contributed by atoms with Crippen molar-refractivity contribution in [2.45, 2.75) is 45.7 Å². The summed E-state index contributed by atoms with van der Waals surface area (Å²) in [7, 11) is 1.58. The molecule has 0 fully saturated rings. The van der Waals surface area contributed by atoms with Gasteiger partial charge in [-0.25, -0.2) is 0 Å². The van der Waals surface area contributed by atoms with Crippen molar-refractivity contribution in [1.29, 1.82) is 0 Å². The molecule has 1 N–H and O–H groups in total. The van der Waals surface area contributed by atoms with E-state index in [0.717, 1.165) is 18.4 Å². The lowest BCUT2D eigenvalue weighted by molar-refractivity contribution is -0.143. The maximum absolute atomic E-state index is 13.2. The number of carbonyl (C=O) groups is 2. The maximum atomic E-state index is 13.2. The van der Waals surface area contributed by atoms with Gasteiger partial charge in [0.2, 0.25) is 5.91 Å². The Kier molecular flexibility index (Phi) is 10.6. The number of ether oxygens (including phenoxy) is 2. The van der Waals surface area contributed by atoms with Crippen LogP contribution in [-0.4, -0.2) is 43.0 Å². The van der Waals surface area contributed by atoms with Crippen molar-refractivity contribution in [3.05, 3.63) is 58.1 Å². The third kappa shape index (κ3) is 7.61. The molecule has 2 amide bonds. The number of halogens is 2. The summed E-state index contributed by atoms with van der Waals surface area (Å²) in [5.74, 6) is 0.747. The molecule has 0 saturated heterocycles. The van der Waals surface area contributed by atoms with Crippen molar-refractivity contribution in [1.82, 2.24) is 10.2 Å². The number of benzene rings is 2. The minimum Gasteiger partial charge on any atom is -0.497 e. The van der Waals surface area contributed by atoms with Crippen molar-refractivity contribution >= 4 is 35.0 Å². The SMILES string of the molecule is CCCCNC(=O)C(CC)N(Cc1ccc(Cl)c(Cl)c1)C(=O)COc1ccc(OC)cc1. The lowest BCUT2D eigenvalue weighted by atomic mass is 10.1. The third-order valence-corrected chi connectivity index (χ3v) is 5.71. The fourth-order valence-corrected chi connectivity index (χ4v) is 3.48. The zero-order valence-electron chi connectivity index (χ0n) is 18.7. The Bertz CT molecular complexity index is 890. The van der Waals surface area contributed by atoms with Gasteiger partial charge in [-0.1, -0.05) is 49.5 Å². The second-order valence-electron chi connectivity index (χ2n) is 7.30. The second-order valence-corrected chi connectivity index (χ2v) is 8.12. The van der Waals surface area contributed by atoms with E-state index in [-0.39, 0.29) is 25.0 Å². The molecule has 0 spiro atoms. The van der Waals surface area contributed by atoms with Crippen LogP contribution in [0.1, 0.15) is 38.7 Å². The Balaban J connectivity index is 2.18. The van der Waals surface area contributed by atoms with Gasteiger partial charge >= 0.3 is 0 Å². The Morgan fingerprint density at radius 2 is 1.72 bits per heavy atom. The molecule has 2 rings (SSSR count). The number of nitrogens with one attached hydrogen (secondary N) is 1. The van der Waals surface area contributed by atoms with E-state index in [1.807, 2.05) is 6.92 Å². The van der Waals surface area contributed by atoms with Crippen LogP contribution < -0.4 is 14.8 Å². The van der Waals surface area contributed by atoms with Crippen molar-refractivity contribution in [2.75, 3.05) is 20.3 Å². The van der Waals surface area contributed by atoms with Gasteiger partial charge in [0, 0.05) is 13.1 Å². The number of amides is 2. The highest BCUT2D eigenvalue weighted by molar-refractivity contribution is 6.42. The molecule has 2 aromatic rings. The van der Waals surface area contributed by atoms with Crippen molar-refractivity contribution in [3.8, 4) is 11.5 Å². The lowest BCUT2D eigenvalue weighted by Crippen LogP contribution is -2.50. The van der Waals surface area contributed by atoms with Gasteiger partial charge in [-0.15, -0.1) is 0 Å². The van der Waals surface area contributed by atoms with Gasteiger partial charge < -0.3 is 19.7 Å². The molecule has 1 unspecified atom stereocenters. The van der Waals surface area contributed by atoms with Crippen LogP contribution in [0.2, 0.25) is 10.0 Å². The first-order valence-electron chi connectivity index (χ1n) is 10.7. The van der Waals surface area contributed by atoms with Crippen LogP contribution >= 0.6 is 23.2 Å². The summed E-state index contributed by atoms with van der Waals surface area (Å²) < 4.78 is 10.8. The Hall–Kier alpha value is -2.44. The second kappa shape index (κ2) is 13.2. The molecular formula is C24H30Cl2N2O4. The number of hydrogen-bond acceptors (Lipinski definition) is 4. The van der Waals surface area contributed by atoms with Crippen LogP contribution in [0.5, 0.6) is 11.5 Å². The monoisotopic (exact) mass is 480 g/mol. The highest BCUT2D eigenvalue weighted by atomic mass is 35.5. The molecule has 0 aliphatic carbocycles. The van der Waals surface area contributed by atoms with E-state index in [2.05, 4.69) is 12.2 Å². The molecule has 0 aliphatic heterocycles. The number of rotatable bonds is 12. The van der Waals surface area contributed by atoms with E-state index < -0.39 is 6.04 Å².